The maximum Gasteiger partial charge on any atom is 0.368 e. The van der Waals surface area contributed by atoms with Crippen LogP contribution in [0.4, 0.5) is 4.39 Å². The van der Waals surface area contributed by atoms with Gasteiger partial charge in [-0.25, -0.2) is 14.2 Å². The Bertz CT molecular complexity index is 1330. The zero-order valence-corrected chi connectivity index (χ0v) is 17.9. The monoisotopic (exact) mass is 439 g/mol. The van der Waals surface area contributed by atoms with Crippen molar-refractivity contribution in [3.05, 3.63) is 86.7 Å². The van der Waals surface area contributed by atoms with Crippen LogP contribution < -0.4 is 10.4 Å². The molecule has 0 bridgehead atoms. The SMILES string of the molecule is Cc1cc(OCc2c(C)cccc2-n2nnn(C)c2=O)c(F)cc1-c1cccc(Cl)n1. The van der Waals surface area contributed by atoms with Crippen molar-refractivity contribution < 1.29 is 9.13 Å². The lowest BCUT2D eigenvalue weighted by molar-refractivity contribution is 0.289. The predicted molar refractivity (Wildman–Crippen MR) is 115 cm³/mol. The van der Waals surface area contributed by atoms with Crippen LogP contribution in [-0.2, 0) is 13.7 Å². The maximum absolute atomic E-state index is 14.8. The fraction of sp³-hybridized carbons (Fsp3) is 0.182. The van der Waals surface area contributed by atoms with Gasteiger partial charge in [0.1, 0.15) is 11.8 Å². The van der Waals surface area contributed by atoms with Crippen molar-refractivity contribution >= 4 is 11.6 Å². The van der Waals surface area contributed by atoms with Gasteiger partial charge in [-0.05, 0) is 65.7 Å². The minimum atomic E-state index is -0.519. The Hall–Kier alpha value is -3.52. The van der Waals surface area contributed by atoms with Crippen molar-refractivity contribution in [3.63, 3.8) is 0 Å². The first-order valence-corrected chi connectivity index (χ1v) is 9.86. The number of nitrogens with zero attached hydrogens (tertiary/aromatic N) is 5. The summed E-state index contributed by atoms with van der Waals surface area (Å²) in [5.74, 6) is -0.418. The molecular weight excluding hydrogens is 421 g/mol. The van der Waals surface area contributed by atoms with Crippen molar-refractivity contribution in [2.45, 2.75) is 20.5 Å². The van der Waals surface area contributed by atoms with E-state index >= 15 is 0 Å². The lowest BCUT2D eigenvalue weighted by Crippen LogP contribution is -2.23. The summed E-state index contributed by atoms with van der Waals surface area (Å²) in [6.07, 6.45) is 0. The Morgan fingerprint density at radius 3 is 2.55 bits per heavy atom. The van der Waals surface area contributed by atoms with Gasteiger partial charge < -0.3 is 4.74 Å². The predicted octanol–water partition coefficient (Wildman–Crippen LogP) is 4.02. The van der Waals surface area contributed by atoms with E-state index in [0.29, 0.717) is 27.7 Å². The molecule has 0 amide bonds. The molecule has 4 rings (SSSR count). The van der Waals surface area contributed by atoms with Gasteiger partial charge in [-0.1, -0.05) is 29.8 Å². The van der Waals surface area contributed by atoms with Gasteiger partial charge in [0.05, 0.1) is 11.4 Å². The number of benzene rings is 2. The van der Waals surface area contributed by atoms with E-state index in [0.717, 1.165) is 15.8 Å². The summed E-state index contributed by atoms with van der Waals surface area (Å²) in [6.45, 7) is 3.79. The van der Waals surface area contributed by atoms with Crippen LogP contribution in [0.3, 0.4) is 0 Å². The lowest BCUT2D eigenvalue weighted by Gasteiger charge is -2.15. The average molecular weight is 440 g/mol. The third-order valence-electron chi connectivity index (χ3n) is 4.98. The molecule has 0 aliphatic rings. The number of tetrazole rings is 1. The number of ether oxygens (including phenoxy) is 1. The first-order chi connectivity index (χ1) is 14.8. The normalized spacial score (nSPS) is 11.0. The average Bonchev–Trinajstić information content (AvgIpc) is 3.07. The minimum Gasteiger partial charge on any atom is -0.486 e. The molecule has 0 saturated heterocycles. The minimum absolute atomic E-state index is 0.0517. The molecule has 158 valence electrons. The molecule has 0 aliphatic carbocycles. The van der Waals surface area contributed by atoms with E-state index in [4.69, 9.17) is 16.3 Å². The first kappa shape index (κ1) is 20.7. The maximum atomic E-state index is 14.8. The summed E-state index contributed by atoms with van der Waals surface area (Å²) in [5.41, 5.74) is 3.76. The van der Waals surface area contributed by atoms with E-state index in [2.05, 4.69) is 15.4 Å². The molecule has 4 aromatic rings. The number of rotatable bonds is 5. The lowest BCUT2D eigenvalue weighted by atomic mass is 10.0. The number of aromatic nitrogens is 5. The Morgan fingerprint density at radius 2 is 1.84 bits per heavy atom. The van der Waals surface area contributed by atoms with E-state index < -0.39 is 5.82 Å². The third kappa shape index (κ3) is 4.06. The number of hydrogen-bond donors (Lipinski definition) is 0. The smallest absolute Gasteiger partial charge is 0.368 e. The molecule has 0 atom stereocenters. The Balaban J connectivity index is 1.66. The van der Waals surface area contributed by atoms with Crippen LogP contribution in [0, 0.1) is 19.7 Å². The van der Waals surface area contributed by atoms with E-state index in [9.17, 15) is 9.18 Å². The summed E-state index contributed by atoms with van der Waals surface area (Å²) in [4.78, 5) is 16.5. The van der Waals surface area contributed by atoms with Gasteiger partial charge in [0.2, 0.25) is 0 Å². The van der Waals surface area contributed by atoms with Gasteiger partial charge in [-0.3, -0.25) is 0 Å². The van der Waals surface area contributed by atoms with Crippen LogP contribution >= 0.6 is 11.6 Å². The number of aryl methyl sites for hydroxylation is 3. The molecule has 2 aromatic carbocycles. The van der Waals surface area contributed by atoms with E-state index in [1.165, 1.54) is 17.8 Å². The summed E-state index contributed by atoms with van der Waals surface area (Å²) in [5, 5.41) is 7.99. The van der Waals surface area contributed by atoms with Crippen LogP contribution in [-0.4, -0.2) is 24.8 Å². The van der Waals surface area contributed by atoms with Gasteiger partial charge >= 0.3 is 5.69 Å². The highest BCUT2D eigenvalue weighted by Crippen LogP contribution is 2.30. The van der Waals surface area contributed by atoms with E-state index in [-0.39, 0.29) is 18.0 Å². The Kier molecular flexibility index (Phi) is 5.56. The summed E-state index contributed by atoms with van der Waals surface area (Å²) < 4.78 is 23.0. The van der Waals surface area contributed by atoms with Crippen molar-refractivity contribution in [3.8, 4) is 22.7 Å². The molecule has 0 aliphatic heterocycles. The molecule has 0 unspecified atom stereocenters. The topological polar surface area (TPSA) is 74.8 Å². The van der Waals surface area contributed by atoms with Crippen LogP contribution in [0.1, 0.15) is 16.7 Å². The molecule has 0 radical (unpaired) electrons. The molecule has 31 heavy (non-hydrogen) atoms. The molecule has 2 aromatic heterocycles. The van der Waals surface area contributed by atoms with Crippen molar-refractivity contribution in [1.82, 2.24) is 24.8 Å². The number of hydrogen-bond acceptors (Lipinski definition) is 5. The fourth-order valence-electron chi connectivity index (χ4n) is 3.29. The van der Waals surface area contributed by atoms with Crippen molar-refractivity contribution in [1.29, 1.82) is 0 Å². The second kappa shape index (κ2) is 8.31. The number of halogens is 2. The zero-order valence-electron chi connectivity index (χ0n) is 17.1. The molecule has 9 heteroatoms. The Morgan fingerprint density at radius 1 is 1.06 bits per heavy atom. The quantitative estimate of drug-likeness (QED) is 0.439. The third-order valence-corrected chi connectivity index (χ3v) is 5.19. The first-order valence-electron chi connectivity index (χ1n) is 9.49. The largest absolute Gasteiger partial charge is 0.486 e. The van der Waals surface area contributed by atoms with E-state index in [1.54, 1.807) is 30.3 Å². The van der Waals surface area contributed by atoms with Gasteiger partial charge in [0, 0.05) is 18.2 Å². The number of pyridine rings is 1. The highest BCUT2D eigenvalue weighted by atomic mass is 35.5. The zero-order chi connectivity index (χ0) is 22.1. The molecule has 0 spiro atoms. The van der Waals surface area contributed by atoms with Crippen molar-refractivity contribution in [2.24, 2.45) is 7.05 Å². The van der Waals surface area contributed by atoms with E-state index in [1.807, 2.05) is 26.0 Å². The second-order valence-electron chi connectivity index (χ2n) is 7.10. The highest BCUT2D eigenvalue weighted by Gasteiger charge is 2.16. The Labute approximate surface area is 182 Å². The van der Waals surface area contributed by atoms with Gasteiger partial charge in [-0.15, -0.1) is 0 Å². The fourth-order valence-corrected chi connectivity index (χ4v) is 3.45. The summed E-state index contributed by atoms with van der Waals surface area (Å²) in [7, 11) is 1.52. The van der Waals surface area contributed by atoms with Crippen LogP contribution in [0.2, 0.25) is 5.15 Å². The second-order valence-corrected chi connectivity index (χ2v) is 7.49. The molecule has 7 nitrogen and oxygen atoms in total. The van der Waals surface area contributed by atoms with Crippen LogP contribution in [0.15, 0.2) is 53.3 Å². The van der Waals surface area contributed by atoms with Crippen molar-refractivity contribution in [2.75, 3.05) is 0 Å². The molecule has 0 N–H and O–H groups in total. The summed E-state index contributed by atoms with van der Waals surface area (Å²) in [6, 6.07) is 13.7. The van der Waals surface area contributed by atoms with Crippen LogP contribution in [0.5, 0.6) is 5.75 Å². The standard InChI is InChI=1S/C22H19ClFN5O2/c1-13-6-4-8-19(29-22(30)28(3)26-27-29)16(13)12-31-20-10-14(2)15(11-17(20)24)18-7-5-9-21(23)25-18/h4-11H,12H2,1-3H3. The molecule has 2 heterocycles. The van der Waals surface area contributed by atoms with Crippen LogP contribution in [0.25, 0.3) is 16.9 Å². The van der Waals surface area contributed by atoms with Gasteiger partial charge in [-0.2, -0.15) is 9.36 Å². The van der Waals surface area contributed by atoms with Gasteiger partial charge in [0.25, 0.3) is 0 Å². The molecular formula is C22H19ClFN5O2. The molecule has 0 fully saturated rings. The van der Waals surface area contributed by atoms with Gasteiger partial charge in [0.15, 0.2) is 11.6 Å². The summed E-state index contributed by atoms with van der Waals surface area (Å²) >= 11 is 5.96. The highest BCUT2D eigenvalue weighted by molar-refractivity contribution is 6.29. The molecule has 0 saturated carbocycles.